The molecule has 0 fully saturated rings. The van der Waals surface area contributed by atoms with E-state index in [0.29, 0.717) is 5.56 Å². The van der Waals surface area contributed by atoms with E-state index in [1.54, 1.807) is 6.07 Å². The summed E-state index contributed by atoms with van der Waals surface area (Å²) in [5.41, 5.74) is 13.9. The van der Waals surface area contributed by atoms with E-state index in [4.69, 9.17) is 11.5 Å². The molecule has 1 aliphatic carbocycles. The van der Waals surface area contributed by atoms with Crippen LogP contribution in [0.5, 0.6) is 0 Å². The van der Waals surface area contributed by atoms with E-state index in [9.17, 15) is 4.79 Å². The monoisotopic (exact) mass is 176 g/mol. The number of hydrogen-bond donors (Lipinski definition) is 2. The minimum atomic E-state index is -0.372. The first-order valence-electron chi connectivity index (χ1n) is 4.36. The normalized spacial score (nSPS) is 19.9. The summed E-state index contributed by atoms with van der Waals surface area (Å²) < 4.78 is 0. The molecule has 0 saturated heterocycles. The minimum absolute atomic E-state index is 0.136. The fraction of sp³-hybridized carbons (Fsp3) is 0.300. The second-order valence-electron chi connectivity index (χ2n) is 3.42. The maximum absolute atomic E-state index is 10.9. The Balaban J connectivity index is 2.45. The Morgan fingerprint density at radius 1 is 1.46 bits per heavy atom. The van der Waals surface area contributed by atoms with Gasteiger partial charge in [-0.25, -0.2) is 0 Å². The van der Waals surface area contributed by atoms with Gasteiger partial charge in [-0.3, -0.25) is 4.79 Å². The fourth-order valence-electron chi connectivity index (χ4n) is 1.80. The Morgan fingerprint density at radius 2 is 2.23 bits per heavy atom. The molecule has 0 heterocycles. The van der Waals surface area contributed by atoms with Crippen LogP contribution in [0.4, 0.5) is 0 Å². The van der Waals surface area contributed by atoms with Gasteiger partial charge in [-0.15, -0.1) is 0 Å². The fourth-order valence-corrected chi connectivity index (χ4v) is 1.80. The zero-order valence-corrected chi connectivity index (χ0v) is 7.29. The highest BCUT2D eigenvalue weighted by Gasteiger charge is 2.19. The lowest BCUT2D eigenvalue weighted by molar-refractivity contribution is 0.1000. The molecule has 0 bridgehead atoms. The molecule has 4 N–H and O–H groups in total. The van der Waals surface area contributed by atoms with E-state index in [2.05, 4.69) is 0 Å². The molecule has 0 aromatic heterocycles. The van der Waals surface area contributed by atoms with E-state index in [-0.39, 0.29) is 11.9 Å². The van der Waals surface area contributed by atoms with Crippen molar-refractivity contribution >= 4 is 5.91 Å². The molecule has 3 nitrogen and oxygen atoms in total. The highest BCUT2D eigenvalue weighted by atomic mass is 16.1. The number of carbonyl (C=O) groups excluding carboxylic acids is 1. The van der Waals surface area contributed by atoms with Crippen molar-refractivity contribution in [2.45, 2.75) is 18.9 Å². The van der Waals surface area contributed by atoms with Gasteiger partial charge in [0.15, 0.2) is 0 Å². The Hall–Kier alpha value is -1.35. The zero-order chi connectivity index (χ0) is 9.42. The molecule has 3 heteroatoms. The Bertz CT molecular complexity index is 360. The number of benzene rings is 1. The average molecular weight is 176 g/mol. The van der Waals surface area contributed by atoms with Crippen molar-refractivity contribution in [2.75, 3.05) is 0 Å². The molecule has 0 radical (unpaired) electrons. The van der Waals surface area contributed by atoms with Gasteiger partial charge in [-0.2, -0.15) is 0 Å². The van der Waals surface area contributed by atoms with Gasteiger partial charge in [0.2, 0.25) is 5.91 Å². The molecule has 1 aromatic carbocycles. The Kier molecular flexibility index (Phi) is 1.81. The van der Waals surface area contributed by atoms with Crippen LogP contribution in [0.2, 0.25) is 0 Å². The SMILES string of the molecule is NC(=O)c1ccc2c(c1)CCC2N. The van der Waals surface area contributed by atoms with Crippen molar-refractivity contribution in [3.05, 3.63) is 34.9 Å². The van der Waals surface area contributed by atoms with Crippen LogP contribution in [0.25, 0.3) is 0 Å². The van der Waals surface area contributed by atoms with Gasteiger partial charge in [-0.1, -0.05) is 6.07 Å². The first-order chi connectivity index (χ1) is 6.18. The molecule has 1 amide bonds. The number of primary amides is 1. The first-order valence-corrected chi connectivity index (χ1v) is 4.36. The molecule has 0 spiro atoms. The third-order valence-electron chi connectivity index (χ3n) is 2.55. The van der Waals surface area contributed by atoms with Crippen LogP contribution in [-0.4, -0.2) is 5.91 Å². The molecule has 1 aliphatic rings. The summed E-state index contributed by atoms with van der Waals surface area (Å²) in [6.45, 7) is 0. The molecule has 1 atom stereocenters. The Labute approximate surface area is 76.7 Å². The molecule has 0 saturated carbocycles. The van der Waals surface area contributed by atoms with E-state index in [0.717, 1.165) is 18.4 Å². The number of amides is 1. The van der Waals surface area contributed by atoms with Gasteiger partial charge < -0.3 is 11.5 Å². The maximum Gasteiger partial charge on any atom is 0.248 e. The molecule has 68 valence electrons. The lowest BCUT2D eigenvalue weighted by atomic mass is 10.0. The minimum Gasteiger partial charge on any atom is -0.366 e. The number of aryl methyl sites for hydroxylation is 1. The lowest BCUT2D eigenvalue weighted by Crippen LogP contribution is -2.11. The molecule has 1 aromatic rings. The molecular formula is C10H12N2O. The number of carbonyl (C=O) groups is 1. The predicted molar refractivity (Wildman–Crippen MR) is 50.2 cm³/mol. The van der Waals surface area contributed by atoms with Crippen LogP contribution in [0.1, 0.15) is 33.9 Å². The maximum atomic E-state index is 10.9. The number of hydrogen-bond acceptors (Lipinski definition) is 2. The Morgan fingerprint density at radius 3 is 2.92 bits per heavy atom. The van der Waals surface area contributed by atoms with Crippen molar-refractivity contribution in [1.82, 2.24) is 0 Å². The summed E-state index contributed by atoms with van der Waals surface area (Å²) in [4.78, 5) is 10.9. The van der Waals surface area contributed by atoms with E-state index in [1.165, 1.54) is 5.56 Å². The van der Waals surface area contributed by atoms with Gasteiger partial charge in [0, 0.05) is 11.6 Å². The van der Waals surface area contributed by atoms with Crippen LogP contribution < -0.4 is 11.5 Å². The van der Waals surface area contributed by atoms with Crippen molar-refractivity contribution in [3.8, 4) is 0 Å². The van der Waals surface area contributed by atoms with Crippen LogP contribution in [0.3, 0.4) is 0 Å². The van der Waals surface area contributed by atoms with Crippen molar-refractivity contribution < 1.29 is 4.79 Å². The van der Waals surface area contributed by atoms with Crippen LogP contribution in [0.15, 0.2) is 18.2 Å². The third-order valence-corrected chi connectivity index (χ3v) is 2.55. The summed E-state index contributed by atoms with van der Waals surface area (Å²) in [5, 5.41) is 0. The predicted octanol–water partition coefficient (Wildman–Crippen LogP) is 0.732. The zero-order valence-electron chi connectivity index (χ0n) is 7.29. The van der Waals surface area contributed by atoms with Crippen molar-refractivity contribution in [1.29, 1.82) is 0 Å². The first kappa shape index (κ1) is 8.26. The van der Waals surface area contributed by atoms with Gasteiger partial charge in [0.05, 0.1) is 0 Å². The largest absolute Gasteiger partial charge is 0.366 e. The van der Waals surface area contributed by atoms with Crippen molar-refractivity contribution in [2.24, 2.45) is 11.5 Å². The second kappa shape index (κ2) is 2.85. The summed E-state index contributed by atoms with van der Waals surface area (Å²) in [6.07, 6.45) is 1.93. The smallest absolute Gasteiger partial charge is 0.248 e. The van der Waals surface area contributed by atoms with Crippen LogP contribution >= 0.6 is 0 Å². The van der Waals surface area contributed by atoms with Crippen LogP contribution in [-0.2, 0) is 6.42 Å². The quantitative estimate of drug-likeness (QED) is 0.662. The molecular weight excluding hydrogens is 164 g/mol. The van der Waals surface area contributed by atoms with Gasteiger partial charge in [0.1, 0.15) is 0 Å². The van der Waals surface area contributed by atoms with Crippen LogP contribution in [0, 0.1) is 0 Å². The number of nitrogens with two attached hydrogens (primary N) is 2. The van der Waals surface area contributed by atoms with E-state index >= 15 is 0 Å². The molecule has 13 heavy (non-hydrogen) atoms. The van der Waals surface area contributed by atoms with E-state index < -0.39 is 0 Å². The lowest BCUT2D eigenvalue weighted by Gasteiger charge is -2.04. The standard InChI is InChI=1S/C10H12N2O/c11-9-4-2-6-5-7(10(12)13)1-3-8(6)9/h1,3,5,9H,2,4,11H2,(H2,12,13). The molecule has 1 unspecified atom stereocenters. The number of fused-ring (bicyclic) bond motifs is 1. The van der Waals surface area contributed by atoms with Crippen molar-refractivity contribution in [3.63, 3.8) is 0 Å². The summed E-state index contributed by atoms with van der Waals surface area (Å²) in [7, 11) is 0. The van der Waals surface area contributed by atoms with E-state index in [1.807, 2.05) is 12.1 Å². The summed E-state index contributed by atoms with van der Waals surface area (Å²) in [6, 6.07) is 5.64. The molecule has 0 aliphatic heterocycles. The second-order valence-corrected chi connectivity index (χ2v) is 3.42. The number of rotatable bonds is 1. The van der Waals surface area contributed by atoms with Gasteiger partial charge in [-0.05, 0) is 36.1 Å². The van der Waals surface area contributed by atoms with Gasteiger partial charge in [0.25, 0.3) is 0 Å². The van der Waals surface area contributed by atoms with Gasteiger partial charge >= 0.3 is 0 Å². The topological polar surface area (TPSA) is 69.1 Å². The molecule has 2 rings (SSSR count). The summed E-state index contributed by atoms with van der Waals surface area (Å²) in [5.74, 6) is -0.372. The highest BCUT2D eigenvalue weighted by molar-refractivity contribution is 5.93. The highest BCUT2D eigenvalue weighted by Crippen LogP contribution is 2.29. The third kappa shape index (κ3) is 1.31. The average Bonchev–Trinajstić information content (AvgIpc) is 2.47. The summed E-state index contributed by atoms with van der Waals surface area (Å²) >= 11 is 0.